The van der Waals surface area contributed by atoms with E-state index in [9.17, 15) is 4.79 Å². The first-order valence-corrected chi connectivity index (χ1v) is 13.9. The molecule has 2 aliphatic rings. The van der Waals surface area contributed by atoms with Gasteiger partial charge in [0.25, 0.3) is 0 Å². The van der Waals surface area contributed by atoms with E-state index in [0.717, 1.165) is 65.5 Å². The van der Waals surface area contributed by atoms with Gasteiger partial charge in [-0.3, -0.25) is 0 Å². The average molecular weight is 540 g/mol. The summed E-state index contributed by atoms with van der Waals surface area (Å²) in [4.78, 5) is 27.6. The van der Waals surface area contributed by atoms with Crippen molar-refractivity contribution in [3.63, 3.8) is 0 Å². The second kappa shape index (κ2) is 11.3. The summed E-state index contributed by atoms with van der Waals surface area (Å²) in [6.45, 7) is 18.7. The summed E-state index contributed by atoms with van der Waals surface area (Å²) >= 11 is 0. The van der Waals surface area contributed by atoms with E-state index in [2.05, 4.69) is 51.5 Å². The van der Waals surface area contributed by atoms with E-state index in [1.807, 2.05) is 39.8 Å². The third-order valence-corrected chi connectivity index (χ3v) is 7.39. The maximum absolute atomic E-state index is 12.0. The molecule has 2 heterocycles. The fraction of sp³-hybridized carbons (Fsp3) is 0.438. The third-order valence-electron chi connectivity index (χ3n) is 7.39. The molecule has 1 saturated carbocycles. The largest absolute Gasteiger partial charge is 0.444 e. The molecule has 3 aromatic rings. The zero-order valence-electron chi connectivity index (χ0n) is 23.8. The topological polar surface area (TPSA) is 80.9 Å². The lowest BCUT2D eigenvalue weighted by atomic mass is 9.85. The number of nitrogens with one attached hydrogen (secondary N) is 1. The highest BCUT2D eigenvalue weighted by Gasteiger charge is 2.49. The van der Waals surface area contributed by atoms with Gasteiger partial charge >= 0.3 is 6.09 Å². The minimum Gasteiger partial charge on any atom is -0.444 e. The van der Waals surface area contributed by atoms with Crippen molar-refractivity contribution in [2.45, 2.75) is 58.0 Å². The maximum atomic E-state index is 12.0. The number of hydrogen-bond donors (Lipinski definition) is 1. The van der Waals surface area contributed by atoms with Gasteiger partial charge in [-0.2, -0.15) is 0 Å². The number of ether oxygens (including phenoxy) is 2. The Labute approximate surface area is 236 Å². The molecule has 2 aromatic carbocycles. The van der Waals surface area contributed by atoms with Crippen molar-refractivity contribution in [1.82, 2.24) is 15.3 Å². The molecule has 1 aromatic heterocycles. The Morgan fingerprint density at radius 2 is 1.82 bits per heavy atom. The number of nitrogens with zero attached hydrogens (tertiary/aromatic N) is 4. The molecule has 0 bridgehead atoms. The molecule has 0 unspecified atom stereocenters. The summed E-state index contributed by atoms with van der Waals surface area (Å²) < 4.78 is 10.9. The number of anilines is 1. The first-order chi connectivity index (χ1) is 19.2. The number of amides is 1. The number of alkyl carbamates (subject to hydrolysis) is 1. The molecule has 0 spiro atoms. The molecule has 1 saturated heterocycles. The number of aromatic nitrogens is 2. The Morgan fingerprint density at radius 3 is 2.48 bits per heavy atom. The zero-order valence-corrected chi connectivity index (χ0v) is 23.8. The van der Waals surface area contributed by atoms with E-state index in [-0.39, 0.29) is 5.41 Å². The van der Waals surface area contributed by atoms with Gasteiger partial charge in [0, 0.05) is 31.1 Å². The number of carbonyl (C=O) groups is 1. The quantitative estimate of drug-likeness (QED) is 0.372. The minimum atomic E-state index is -0.514. The normalized spacial score (nSPS) is 16.2. The molecular weight excluding hydrogens is 502 g/mol. The van der Waals surface area contributed by atoms with Gasteiger partial charge < -0.3 is 19.7 Å². The first kappa shape index (κ1) is 27.6. The van der Waals surface area contributed by atoms with E-state index < -0.39 is 11.7 Å². The average Bonchev–Trinajstić information content (AvgIpc) is 3.75. The number of benzene rings is 2. The minimum absolute atomic E-state index is 0.235. The standard InChI is InChI=1S/C32H37N5O3/c1-22-35-28(21-29(36-22)37-16-18-39-19-17-37)32(13-14-32)27-20-25(33-5)10-11-26(27)24-8-6-23(7-9-24)12-15-34-30(38)40-31(2,3)4/h6-11,20-21H,12-19H2,1-4H3,(H,34,38). The maximum Gasteiger partial charge on any atom is 0.407 e. The van der Waals surface area contributed by atoms with Gasteiger partial charge in [-0.05, 0) is 69.2 Å². The number of hydrogen-bond acceptors (Lipinski definition) is 6. The Morgan fingerprint density at radius 1 is 1.10 bits per heavy atom. The zero-order chi connectivity index (χ0) is 28.3. The SMILES string of the molecule is [C-]#[N+]c1ccc(-c2ccc(CCNC(=O)OC(C)(C)C)cc2)c(C2(c3cc(N4CCOCC4)nc(C)n3)CC2)c1. The summed E-state index contributed by atoms with van der Waals surface area (Å²) in [7, 11) is 0. The van der Waals surface area contributed by atoms with Crippen LogP contribution in [-0.2, 0) is 21.3 Å². The van der Waals surface area contributed by atoms with Crippen LogP contribution in [0.5, 0.6) is 0 Å². The molecule has 0 atom stereocenters. The van der Waals surface area contributed by atoms with Crippen LogP contribution in [0.15, 0.2) is 48.5 Å². The second-order valence-electron chi connectivity index (χ2n) is 11.6. The molecule has 208 valence electrons. The Bertz CT molecular complexity index is 1410. The van der Waals surface area contributed by atoms with Gasteiger partial charge in [0.05, 0.1) is 25.5 Å². The van der Waals surface area contributed by atoms with Gasteiger partial charge in [0.1, 0.15) is 17.2 Å². The second-order valence-corrected chi connectivity index (χ2v) is 11.6. The van der Waals surface area contributed by atoms with Crippen LogP contribution < -0.4 is 10.2 Å². The molecule has 1 amide bonds. The van der Waals surface area contributed by atoms with E-state index >= 15 is 0 Å². The van der Waals surface area contributed by atoms with Crippen LogP contribution >= 0.6 is 0 Å². The summed E-state index contributed by atoms with van der Waals surface area (Å²) in [6.07, 6.45) is 2.27. The summed E-state index contributed by atoms with van der Waals surface area (Å²) in [6, 6.07) is 16.6. The van der Waals surface area contributed by atoms with E-state index in [1.54, 1.807) is 0 Å². The summed E-state index contributed by atoms with van der Waals surface area (Å²) in [5.41, 5.74) is 5.39. The van der Waals surface area contributed by atoms with Gasteiger partial charge in [0.15, 0.2) is 5.69 Å². The molecule has 5 rings (SSSR count). The van der Waals surface area contributed by atoms with Crippen LogP contribution in [0.3, 0.4) is 0 Å². The fourth-order valence-electron chi connectivity index (χ4n) is 5.26. The summed E-state index contributed by atoms with van der Waals surface area (Å²) in [5.74, 6) is 1.71. The van der Waals surface area contributed by atoms with Crippen LogP contribution in [0.1, 0.15) is 56.3 Å². The van der Waals surface area contributed by atoms with Gasteiger partial charge in [0.2, 0.25) is 0 Å². The molecule has 40 heavy (non-hydrogen) atoms. The highest BCUT2D eigenvalue weighted by Crippen LogP contribution is 2.56. The van der Waals surface area contributed by atoms with Gasteiger partial charge in [-0.15, -0.1) is 0 Å². The number of rotatable bonds is 7. The van der Waals surface area contributed by atoms with Crippen molar-refractivity contribution in [3.05, 3.63) is 82.6 Å². The van der Waals surface area contributed by atoms with Gasteiger partial charge in [-0.25, -0.2) is 19.6 Å². The van der Waals surface area contributed by atoms with Crippen LogP contribution in [-0.4, -0.2) is 54.5 Å². The van der Waals surface area contributed by atoms with Crippen molar-refractivity contribution in [1.29, 1.82) is 0 Å². The number of morpholine rings is 1. The smallest absolute Gasteiger partial charge is 0.407 e. The van der Waals surface area contributed by atoms with Crippen molar-refractivity contribution in [2.24, 2.45) is 0 Å². The predicted molar refractivity (Wildman–Crippen MR) is 156 cm³/mol. The molecule has 1 aliphatic carbocycles. The molecule has 1 N–H and O–H groups in total. The lowest BCUT2D eigenvalue weighted by Crippen LogP contribution is -2.37. The number of carbonyl (C=O) groups excluding carboxylic acids is 1. The molecule has 8 nitrogen and oxygen atoms in total. The van der Waals surface area contributed by atoms with Crippen LogP contribution in [0.25, 0.3) is 16.0 Å². The highest BCUT2D eigenvalue weighted by atomic mass is 16.6. The fourth-order valence-corrected chi connectivity index (χ4v) is 5.26. The molecule has 8 heteroatoms. The monoisotopic (exact) mass is 539 g/mol. The Balaban J connectivity index is 1.40. The van der Waals surface area contributed by atoms with Crippen molar-refractivity contribution in [3.8, 4) is 11.1 Å². The molecular formula is C32H37N5O3. The third kappa shape index (κ3) is 6.26. The van der Waals surface area contributed by atoms with Crippen LogP contribution in [0.4, 0.5) is 16.3 Å². The predicted octanol–water partition coefficient (Wildman–Crippen LogP) is 5.99. The first-order valence-electron chi connectivity index (χ1n) is 13.9. The van der Waals surface area contributed by atoms with Crippen LogP contribution in [0.2, 0.25) is 0 Å². The van der Waals surface area contributed by atoms with Crippen molar-refractivity contribution < 1.29 is 14.3 Å². The van der Waals surface area contributed by atoms with Crippen molar-refractivity contribution >= 4 is 17.6 Å². The van der Waals surface area contributed by atoms with Crippen LogP contribution in [0, 0.1) is 13.5 Å². The van der Waals surface area contributed by atoms with Gasteiger partial charge in [-0.1, -0.05) is 42.5 Å². The summed E-state index contributed by atoms with van der Waals surface area (Å²) in [5, 5.41) is 2.82. The number of aryl methyl sites for hydroxylation is 1. The molecule has 0 radical (unpaired) electrons. The van der Waals surface area contributed by atoms with E-state index in [1.165, 1.54) is 0 Å². The lowest BCUT2D eigenvalue weighted by molar-refractivity contribution is 0.0528. The van der Waals surface area contributed by atoms with Crippen molar-refractivity contribution in [2.75, 3.05) is 37.7 Å². The Hall–Kier alpha value is -3.96. The Kier molecular flexibility index (Phi) is 7.77. The lowest BCUT2D eigenvalue weighted by Gasteiger charge is -2.29. The highest BCUT2D eigenvalue weighted by molar-refractivity contribution is 5.74. The molecule has 1 aliphatic heterocycles. The van der Waals surface area contributed by atoms with E-state index in [4.69, 9.17) is 26.0 Å². The van der Waals surface area contributed by atoms with E-state index in [0.29, 0.717) is 31.9 Å². The molecule has 2 fully saturated rings.